The van der Waals surface area contributed by atoms with Crippen molar-refractivity contribution in [3.63, 3.8) is 0 Å². The summed E-state index contributed by atoms with van der Waals surface area (Å²) in [7, 11) is 1.20. The predicted molar refractivity (Wildman–Crippen MR) is 132 cm³/mol. The first-order chi connectivity index (χ1) is 17.3. The van der Waals surface area contributed by atoms with Crippen LogP contribution >= 0.6 is 0 Å². The largest absolute Gasteiger partial charge is 0.467 e. The molecule has 0 aliphatic heterocycles. The van der Waals surface area contributed by atoms with E-state index in [4.69, 9.17) is 4.74 Å². The van der Waals surface area contributed by atoms with Gasteiger partial charge in [-0.15, -0.1) is 0 Å². The van der Waals surface area contributed by atoms with Gasteiger partial charge in [0.05, 0.1) is 7.11 Å². The highest BCUT2D eigenvalue weighted by atomic mass is 19.1. The van der Waals surface area contributed by atoms with Crippen LogP contribution in [-0.2, 0) is 32.0 Å². The van der Waals surface area contributed by atoms with Crippen molar-refractivity contribution < 1.29 is 28.3 Å². The van der Waals surface area contributed by atoms with Crippen molar-refractivity contribution in [1.29, 1.82) is 0 Å². The average Bonchev–Trinajstić information content (AvgIpc) is 2.89. The first kappa shape index (κ1) is 26.3. The molecule has 7 nitrogen and oxygen atoms in total. The molecule has 0 heterocycles. The van der Waals surface area contributed by atoms with E-state index in [-0.39, 0.29) is 24.2 Å². The van der Waals surface area contributed by atoms with Crippen molar-refractivity contribution in [2.75, 3.05) is 7.11 Å². The Morgan fingerprint density at radius 3 is 2.00 bits per heavy atom. The van der Waals surface area contributed by atoms with Crippen LogP contribution in [0.25, 0.3) is 0 Å². The number of halogens is 1. The SMILES string of the molecule is COC(=O)[C@@H](Cc1ccc(C(=O)c2ccccc2)cc1)NC(=O)[C@H](Cc1ccccc1F)NC(C)=O. The van der Waals surface area contributed by atoms with E-state index in [2.05, 4.69) is 10.6 Å². The van der Waals surface area contributed by atoms with Crippen LogP contribution < -0.4 is 10.6 Å². The molecule has 0 unspecified atom stereocenters. The molecule has 0 bridgehead atoms. The molecular weight excluding hydrogens is 463 g/mol. The Labute approximate surface area is 208 Å². The summed E-state index contributed by atoms with van der Waals surface area (Å²) in [6.45, 7) is 1.25. The first-order valence-electron chi connectivity index (χ1n) is 11.4. The van der Waals surface area contributed by atoms with Crippen LogP contribution in [0.4, 0.5) is 4.39 Å². The van der Waals surface area contributed by atoms with Gasteiger partial charge in [-0.1, -0.05) is 72.8 Å². The molecule has 0 fully saturated rings. The van der Waals surface area contributed by atoms with Gasteiger partial charge in [0, 0.05) is 30.9 Å². The number of benzene rings is 3. The van der Waals surface area contributed by atoms with E-state index in [1.807, 2.05) is 6.07 Å². The molecule has 0 aromatic heterocycles. The van der Waals surface area contributed by atoms with Gasteiger partial charge in [-0.3, -0.25) is 14.4 Å². The van der Waals surface area contributed by atoms with Crippen molar-refractivity contribution in [3.8, 4) is 0 Å². The minimum Gasteiger partial charge on any atom is -0.467 e. The highest BCUT2D eigenvalue weighted by Crippen LogP contribution is 2.14. The highest BCUT2D eigenvalue weighted by molar-refractivity contribution is 6.08. The van der Waals surface area contributed by atoms with Gasteiger partial charge in [-0.2, -0.15) is 0 Å². The maximum absolute atomic E-state index is 14.1. The van der Waals surface area contributed by atoms with Crippen LogP contribution in [-0.4, -0.2) is 42.8 Å². The van der Waals surface area contributed by atoms with E-state index in [0.717, 1.165) is 0 Å². The molecule has 3 rings (SSSR count). The van der Waals surface area contributed by atoms with E-state index in [1.54, 1.807) is 54.6 Å². The molecule has 0 radical (unpaired) electrons. The number of amides is 2. The fraction of sp³-hybridized carbons (Fsp3) is 0.214. The van der Waals surface area contributed by atoms with E-state index in [0.29, 0.717) is 16.7 Å². The number of hydrogen-bond donors (Lipinski definition) is 2. The monoisotopic (exact) mass is 490 g/mol. The fourth-order valence-corrected chi connectivity index (χ4v) is 3.73. The Balaban J connectivity index is 1.74. The average molecular weight is 491 g/mol. The van der Waals surface area contributed by atoms with Crippen LogP contribution in [0.2, 0.25) is 0 Å². The van der Waals surface area contributed by atoms with Crippen molar-refractivity contribution in [2.24, 2.45) is 0 Å². The smallest absolute Gasteiger partial charge is 0.328 e. The van der Waals surface area contributed by atoms with Gasteiger partial charge >= 0.3 is 5.97 Å². The normalized spacial score (nSPS) is 12.2. The summed E-state index contributed by atoms with van der Waals surface area (Å²) in [5.41, 5.74) is 1.98. The second kappa shape index (κ2) is 12.4. The van der Waals surface area contributed by atoms with Crippen molar-refractivity contribution >= 4 is 23.6 Å². The van der Waals surface area contributed by atoms with Gasteiger partial charge in [0.2, 0.25) is 11.8 Å². The lowest BCUT2D eigenvalue weighted by molar-refractivity contribution is -0.145. The number of esters is 1. The lowest BCUT2D eigenvalue weighted by Crippen LogP contribution is -2.53. The van der Waals surface area contributed by atoms with E-state index >= 15 is 0 Å². The number of hydrogen-bond acceptors (Lipinski definition) is 5. The molecule has 0 saturated heterocycles. The Morgan fingerprint density at radius 2 is 1.39 bits per heavy atom. The summed E-state index contributed by atoms with van der Waals surface area (Å²) in [5.74, 6) is -2.44. The molecule has 0 aliphatic rings. The maximum atomic E-state index is 14.1. The summed E-state index contributed by atoms with van der Waals surface area (Å²) in [6, 6.07) is 19.3. The van der Waals surface area contributed by atoms with Gasteiger partial charge in [0.25, 0.3) is 0 Å². The number of methoxy groups -OCH3 is 1. The zero-order valence-corrected chi connectivity index (χ0v) is 20.0. The van der Waals surface area contributed by atoms with Crippen molar-refractivity contribution in [3.05, 3.63) is 107 Å². The van der Waals surface area contributed by atoms with Crippen LogP contribution in [0.3, 0.4) is 0 Å². The van der Waals surface area contributed by atoms with Gasteiger partial charge in [-0.05, 0) is 17.2 Å². The van der Waals surface area contributed by atoms with E-state index < -0.39 is 35.7 Å². The van der Waals surface area contributed by atoms with Crippen LogP contribution in [0.15, 0.2) is 78.9 Å². The Bertz CT molecular complexity index is 1230. The maximum Gasteiger partial charge on any atom is 0.328 e. The molecule has 0 saturated carbocycles. The van der Waals surface area contributed by atoms with Gasteiger partial charge < -0.3 is 15.4 Å². The van der Waals surface area contributed by atoms with Gasteiger partial charge in [0.1, 0.15) is 17.9 Å². The standard InChI is InChI=1S/C28H27FN2O5/c1-18(32)30-24(17-22-10-6-7-11-23(22)29)27(34)31-25(28(35)36-2)16-19-12-14-21(15-13-19)26(33)20-8-4-3-5-9-20/h3-15,24-25H,16-17H2,1-2H3,(H,30,32)(H,31,34)/t24-,25+/m0/s1. The third kappa shape index (κ3) is 7.09. The van der Waals surface area contributed by atoms with Crippen LogP contribution in [0.5, 0.6) is 0 Å². The summed E-state index contributed by atoms with van der Waals surface area (Å²) < 4.78 is 19.0. The molecule has 2 N–H and O–H groups in total. The summed E-state index contributed by atoms with van der Waals surface area (Å²) in [6.07, 6.45) is -0.00696. The van der Waals surface area contributed by atoms with Gasteiger partial charge in [0.15, 0.2) is 5.78 Å². The number of rotatable bonds is 10. The molecular formula is C28H27FN2O5. The lowest BCUT2D eigenvalue weighted by Gasteiger charge is -2.22. The Kier molecular flexibility index (Phi) is 9.05. The Morgan fingerprint density at radius 1 is 0.778 bits per heavy atom. The molecule has 0 spiro atoms. The van der Waals surface area contributed by atoms with Crippen molar-refractivity contribution in [2.45, 2.75) is 31.8 Å². The second-order valence-electron chi connectivity index (χ2n) is 8.23. The molecule has 2 amide bonds. The molecule has 3 aromatic carbocycles. The number of ether oxygens (including phenoxy) is 1. The molecule has 8 heteroatoms. The van der Waals surface area contributed by atoms with Gasteiger partial charge in [-0.25, -0.2) is 9.18 Å². The summed E-state index contributed by atoms with van der Waals surface area (Å²) in [4.78, 5) is 49.8. The Hall–Kier alpha value is -4.33. The quantitative estimate of drug-likeness (QED) is 0.336. The number of carbonyl (C=O) groups excluding carboxylic acids is 4. The number of nitrogens with one attached hydrogen (secondary N) is 2. The molecule has 36 heavy (non-hydrogen) atoms. The molecule has 186 valence electrons. The predicted octanol–water partition coefficient (Wildman–Crippen LogP) is 3.00. The zero-order valence-electron chi connectivity index (χ0n) is 20.0. The van der Waals surface area contributed by atoms with Crippen LogP contribution in [0.1, 0.15) is 34.0 Å². The molecule has 2 atom stereocenters. The third-order valence-corrected chi connectivity index (χ3v) is 5.57. The summed E-state index contributed by atoms with van der Waals surface area (Å²) >= 11 is 0. The number of carbonyl (C=O) groups is 4. The summed E-state index contributed by atoms with van der Waals surface area (Å²) in [5, 5.41) is 5.12. The molecule has 3 aromatic rings. The fourth-order valence-electron chi connectivity index (χ4n) is 3.73. The second-order valence-corrected chi connectivity index (χ2v) is 8.23. The van der Waals surface area contributed by atoms with Crippen molar-refractivity contribution in [1.82, 2.24) is 10.6 Å². The van der Waals surface area contributed by atoms with Crippen LogP contribution in [0, 0.1) is 5.82 Å². The zero-order chi connectivity index (χ0) is 26.1. The van der Waals surface area contributed by atoms with E-state index in [9.17, 15) is 23.6 Å². The topological polar surface area (TPSA) is 102 Å². The third-order valence-electron chi connectivity index (χ3n) is 5.57. The number of ketones is 1. The van der Waals surface area contributed by atoms with E-state index in [1.165, 1.54) is 32.2 Å². The molecule has 0 aliphatic carbocycles. The minimum absolute atomic E-state index is 0.0880. The lowest BCUT2D eigenvalue weighted by atomic mass is 9.99. The first-order valence-corrected chi connectivity index (χ1v) is 11.4. The highest BCUT2D eigenvalue weighted by Gasteiger charge is 2.28. The minimum atomic E-state index is -1.10.